The summed E-state index contributed by atoms with van der Waals surface area (Å²) < 4.78 is 0. The van der Waals surface area contributed by atoms with Crippen molar-refractivity contribution in [3.63, 3.8) is 0 Å². The number of rotatable bonds is 6. The van der Waals surface area contributed by atoms with Gasteiger partial charge in [0, 0.05) is 0 Å². The molecule has 0 heterocycles. The summed E-state index contributed by atoms with van der Waals surface area (Å²) in [5.41, 5.74) is 14.7. The zero-order chi connectivity index (χ0) is 43.6. The maximum Gasteiger partial charge on any atom is -0.00201 e. The van der Waals surface area contributed by atoms with Crippen molar-refractivity contribution in [2.75, 3.05) is 0 Å². The molecule has 0 aliphatic carbocycles. The first kappa shape index (κ1) is 37.9. The van der Waals surface area contributed by atoms with Gasteiger partial charge in [-0.05, 0) is 162 Å². The van der Waals surface area contributed by atoms with Crippen LogP contribution < -0.4 is 0 Å². The number of hydrogen-bond donors (Lipinski definition) is 0. The Bertz CT molecular complexity index is 4010. The van der Waals surface area contributed by atoms with E-state index in [1.54, 1.807) is 0 Å². The number of hydrogen-bond acceptors (Lipinski definition) is 0. The normalized spacial score (nSPS) is 11.6. The van der Waals surface area contributed by atoms with Gasteiger partial charge in [-0.15, -0.1) is 0 Å². The molecule has 0 nitrogen and oxygen atoms in total. The summed E-state index contributed by atoms with van der Waals surface area (Å²) in [6.07, 6.45) is 0. The van der Waals surface area contributed by atoms with Crippen LogP contribution in [0.15, 0.2) is 255 Å². The van der Waals surface area contributed by atoms with Crippen LogP contribution >= 0.6 is 0 Å². The van der Waals surface area contributed by atoms with Gasteiger partial charge in [-0.3, -0.25) is 0 Å². The zero-order valence-corrected chi connectivity index (χ0v) is 36.2. The molecule has 306 valence electrons. The maximum absolute atomic E-state index is 2.46. The molecule has 0 saturated carbocycles. The van der Waals surface area contributed by atoms with E-state index in [2.05, 4.69) is 255 Å². The van der Waals surface area contributed by atoms with E-state index in [9.17, 15) is 0 Å². The van der Waals surface area contributed by atoms with Crippen LogP contribution in [-0.2, 0) is 0 Å². The molecular formula is C66H42. The highest BCUT2D eigenvalue weighted by atomic mass is 14.2. The van der Waals surface area contributed by atoms with Crippen molar-refractivity contribution in [1.82, 2.24) is 0 Å². The molecule has 13 aromatic rings. The fourth-order valence-corrected chi connectivity index (χ4v) is 10.8. The van der Waals surface area contributed by atoms with E-state index in [0.717, 1.165) is 0 Å². The minimum absolute atomic E-state index is 1.20. The maximum atomic E-state index is 2.46. The Morgan fingerprint density at radius 3 is 1.08 bits per heavy atom. The summed E-state index contributed by atoms with van der Waals surface area (Å²) >= 11 is 0. The monoisotopic (exact) mass is 834 g/mol. The Morgan fingerprint density at radius 2 is 0.515 bits per heavy atom. The van der Waals surface area contributed by atoms with Gasteiger partial charge in [-0.25, -0.2) is 0 Å². The molecule has 0 heteroatoms. The van der Waals surface area contributed by atoms with Crippen LogP contribution in [0.5, 0.6) is 0 Å². The van der Waals surface area contributed by atoms with Gasteiger partial charge in [0.2, 0.25) is 0 Å². The van der Waals surface area contributed by atoms with Crippen LogP contribution in [0.4, 0.5) is 0 Å². The van der Waals surface area contributed by atoms with Crippen molar-refractivity contribution in [2.24, 2.45) is 0 Å². The first-order valence-corrected chi connectivity index (χ1v) is 22.9. The van der Waals surface area contributed by atoms with Gasteiger partial charge in [0.25, 0.3) is 0 Å². The molecule has 13 aromatic carbocycles. The minimum atomic E-state index is 1.20. The third kappa shape index (κ3) is 6.22. The molecule has 0 radical (unpaired) electrons. The first-order valence-electron chi connectivity index (χ1n) is 22.9. The smallest absolute Gasteiger partial charge is 0.00201 e. The lowest BCUT2D eigenvalue weighted by Gasteiger charge is -2.21. The molecule has 66 heavy (non-hydrogen) atoms. The van der Waals surface area contributed by atoms with E-state index >= 15 is 0 Å². The van der Waals surface area contributed by atoms with Gasteiger partial charge in [0.1, 0.15) is 0 Å². The molecule has 0 aliphatic rings. The Balaban J connectivity index is 1.07. The SMILES string of the molecule is c1ccc(-c2cc3ccccc3cc2-c2ccc3c(c2)c(-c2ccccc2)c(-c2ccccc2)c2cc(-c4ccc(-c5cc6ccccc6c6ccccc56)c5ccccc45)ccc23)cc1. The van der Waals surface area contributed by atoms with Crippen LogP contribution in [0.25, 0.3) is 131 Å². The lowest BCUT2D eigenvalue weighted by atomic mass is 9.82. The summed E-state index contributed by atoms with van der Waals surface area (Å²) in [5.74, 6) is 0. The summed E-state index contributed by atoms with van der Waals surface area (Å²) in [5, 5.41) is 15.0. The second kappa shape index (κ2) is 15.6. The number of benzene rings is 13. The Hall–Kier alpha value is -8.58. The van der Waals surface area contributed by atoms with Crippen molar-refractivity contribution in [3.05, 3.63) is 255 Å². The van der Waals surface area contributed by atoms with E-state index in [0.29, 0.717) is 0 Å². The molecule has 0 saturated heterocycles. The molecule has 0 aromatic heterocycles. The molecule has 0 N–H and O–H groups in total. The highest BCUT2D eigenvalue weighted by molar-refractivity contribution is 6.24. The van der Waals surface area contributed by atoms with Crippen LogP contribution in [0.3, 0.4) is 0 Å². The molecule has 0 fully saturated rings. The van der Waals surface area contributed by atoms with E-state index < -0.39 is 0 Å². The minimum Gasteiger partial charge on any atom is -0.0622 e. The van der Waals surface area contributed by atoms with Gasteiger partial charge in [0.15, 0.2) is 0 Å². The lowest BCUT2D eigenvalue weighted by molar-refractivity contribution is 1.60. The van der Waals surface area contributed by atoms with Gasteiger partial charge >= 0.3 is 0 Å². The Morgan fingerprint density at radius 1 is 0.152 bits per heavy atom. The average Bonchev–Trinajstić information content (AvgIpc) is 3.40. The summed E-state index contributed by atoms with van der Waals surface area (Å²) in [4.78, 5) is 0. The van der Waals surface area contributed by atoms with Crippen molar-refractivity contribution < 1.29 is 0 Å². The summed E-state index contributed by atoms with van der Waals surface area (Å²) in [6, 6.07) is 94.3. The third-order valence-corrected chi connectivity index (χ3v) is 13.8. The van der Waals surface area contributed by atoms with Crippen LogP contribution in [0.2, 0.25) is 0 Å². The predicted molar refractivity (Wildman–Crippen MR) is 284 cm³/mol. The zero-order valence-electron chi connectivity index (χ0n) is 36.2. The first-order chi connectivity index (χ1) is 32.7. The quantitative estimate of drug-likeness (QED) is 0.146. The lowest BCUT2D eigenvalue weighted by Crippen LogP contribution is -1.94. The highest BCUT2D eigenvalue weighted by Gasteiger charge is 2.21. The van der Waals surface area contributed by atoms with Crippen LogP contribution in [0, 0.1) is 0 Å². The number of fused-ring (bicyclic) bond motifs is 8. The van der Waals surface area contributed by atoms with Gasteiger partial charge in [-0.2, -0.15) is 0 Å². The Kier molecular flexibility index (Phi) is 8.96. The second-order valence-electron chi connectivity index (χ2n) is 17.5. The summed E-state index contributed by atoms with van der Waals surface area (Å²) in [7, 11) is 0. The fraction of sp³-hybridized carbons (Fsp3) is 0. The Labute approximate surface area is 384 Å². The molecule has 0 amide bonds. The largest absolute Gasteiger partial charge is 0.0622 e. The molecule has 0 atom stereocenters. The molecule has 0 bridgehead atoms. The van der Waals surface area contributed by atoms with Crippen molar-refractivity contribution in [3.8, 4) is 66.8 Å². The topological polar surface area (TPSA) is 0 Å². The van der Waals surface area contributed by atoms with Gasteiger partial charge < -0.3 is 0 Å². The van der Waals surface area contributed by atoms with Crippen molar-refractivity contribution in [2.45, 2.75) is 0 Å². The van der Waals surface area contributed by atoms with E-state index in [-0.39, 0.29) is 0 Å². The van der Waals surface area contributed by atoms with Gasteiger partial charge in [0.05, 0.1) is 0 Å². The molecule has 0 aliphatic heterocycles. The molecule has 13 rings (SSSR count). The van der Waals surface area contributed by atoms with Crippen molar-refractivity contribution in [1.29, 1.82) is 0 Å². The average molecular weight is 835 g/mol. The predicted octanol–water partition coefficient (Wildman–Crippen LogP) is 18.6. The molecular weight excluding hydrogens is 793 g/mol. The fourth-order valence-electron chi connectivity index (χ4n) is 10.8. The summed E-state index contributed by atoms with van der Waals surface area (Å²) in [6.45, 7) is 0. The van der Waals surface area contributed by atoms with Gasteiger partial charge in [-0.1, -0.05) is 224 Å². The third-order valence-electron chi connectivity index (χ3n) is 13.8. The second-order valence-corrected chi connectivity index (χ2v) is 17.5. The van der Waals surface area contributed by atoms with E-state index in [1.165, 1.54) is 131 Å². The van der Waals surface area contributed by atoms with Crippen LogP contribution in [-0.4, -0.2) is 0 Å². The highest BCUT2D eigenvalue weighted by Crippen LogP contribution is 2.48. The van der Waals surface area contributed by atoms with Crippen molar-refractivity contribution >= 4 is 64.6 Å². The standard InChI is InChI=1S/C66H42/c1-4-18-43(19-5-1)60-38-46-24-10-11-25-47(46)39-61(60)50-33-35-59-58-34-32-49(41-63(58)65(44-20-6-2-7-21-44)66(64(59)42-50)45-22-8-3-9-23-45)52-36-37-57(55-30-16-14-29-54(52)55)62-40-48-26-12-13-27-51(48)53-28-15-17-31-56(53)62/h1-42H. The van der Waals surface area contributed by atoms with E-state index in [1.807, 2.05) is 0 Å². The van der Waals surface area contributed by atoms with E-state index in [4.69, 9.17) is 0 Å². The molecule has 0 unspecified atom stereocenters. The molecule has 0 spiro atoms. The van der Waals surface area contributed by atoms with Crippen LogP contribution in [0.1, 0.15) is 0 Å².